The highest BCUT2D eigenvalue weighted by atomic mass is 16.6. The molecule has 0 saturated heterocycles. The van der Waals surface area contributed by atoms with Gasteiger partial charge in [0.2, 0.25) is 5.91 Å². The molecule has 0 radical (unpaired) electrons. The fraction of sp³-hybridized carbons (Fsp3) is 0.182. The highest BCUT2D eigenvalue weighted by Crippen LogP contribution is 2.20. The molecule has 0 aliphatic rings. The van der Waals surface area contributed by atoms with E-state index >= 15 is 0 Å². The van der Waals surface area contributed by atoms with Crippen molar-refractivity contribution in [1.82, 2.24) is 0 Å². The standard InChI is InChI=1S/C22H22N2O4/c1-22(2,3)28-21(26)24-17-10-8-16(9-11-17)23-20(25)13-12-18-14-15-6-4-5-7-19(15)27-18/h4-14H,1-3H3,(H,23,25)(H,24,26)/b13-12+. The van der Waals surface area contributed by atoms with Gasteiger partial charge in [0.15, 0.2) is 0 Å². The van der Waals surface area contributed by atoms with Crippen molar-refractivity contribution < 1.29 is 18.7 Å². The maximum absolute atomic E-state index is 12.1. The van der Waals surface area contributed by atoms with E-state index in [0.29, 0.717) is 17.1 Å². The number of hydrogen-bond donors (Lipinski definition) is 2. The van der Waals surface area contributed by atoms with Crippen LogP contribution in [0, 0.1) is 0 Å². The molecule has 2 N–H and O–H groups in total. The van der Waals surface area contributed by atoms with Crippen molar-refractivity contribution in [1.29, 1.82) is 0 Å². The minimum atomic E-state index is -0.565. The fourth-order valence-corrected chi connectivity index (χ4v) is 2.48. The molecule has 1 aromatic heterocycles. The lowest BCUT2D eigenvalue weighted by molar-refractivity contribution is -0.111. The highest BCUT2D eigenvalue weighted by Gasteiger charge is 2.16. The molecule has 0 atom stereocenters. The van der Waals surface area contributed by atoms with Crippen molar-refractivity contribution in [3.63, 3.8) is 0 Å². The molecule has 2 amide bonds. The van der Waals surface area contributed by atoms with E-state index in [1.807, 2.05) is 30.3 Å². The van der Waals surface area contributed by atoms with Crippen molar-refractivity contribution in [2.24, 2.45) is 0 Å². The Kier molecular flexibility index (Phi) is 5.49. The molecule has 0 aliphatic carbocycles. The van der Waals surface area contributed by atoms with E-state index in [1.54, 1.807) is 51.1 Å². The maximum Gasteiger partial charge on any atom is 0.412 e. The van der Waals surface area contributed by atoms with E-state index in [2.05, 4.69) is 10.6 Å². The lowest BCUT2D eigenvalue weighted by atomic mass is 10.2. The Morgan fingerprint density at radius 3 is 2.25 bits per heavy atom. The van der Waals surface area contributed by atoms with Gasteiger partial charge in [-0.1, -0.05) is 18.2 Å². The largest absolute Gasteiger partial charge is 0.457 e. The summed E-state index contributed by atoms with van der Waals surface area (Å²) in [5, 5.41) is 6.37. The number of amides is 2. The Morgan fingerprint density at radius 1 is 0.964 bits per heavy atom. The van der Waals surface area contributed by atoms with Gasteiger partial charge in [-0.3, -0.25) is 10.1 Å². The first kappa shape index (κ1) is 19.2. The average molecular weight is 378 g/mol. The van der Waals surface area contributed by atoms with Crippen LogP contribution >= 0.6 is 0 Å². The van der Waals surface area contributed by atoms with Crippen LogP contribution in [0.4, 0.5) is 16.2 Å². The number of carbonyl (C=O) groups is 2. The molecule has 0 spiro atoms. The summed E-state index contributed by atoms with van der Waals surface area (Å²) in [6.07, 6.45) is 2.50. The van der Waals surface area contributed by atoms with E-state index < -0.39 is 11.7 Å². The number of rotatable bonds is 4. The Balaban J connectivity index is 1.56. The molecule has 0 aliphatic heterocycles. The predicted octanol–water partition coefficient (Wildman–Crippen LogP) is 5.43. The summed E-state index contributed by atoms with van der Waals surface area (Å²) in [5.41, 5.74) is 1.39. The lowest BCUT2D eigenvalue weighted by Crippen LogP contribution is -2.27. The first-order valence-electron chi connectivity index (χ1n) is 8.86. The second-order valence-corrected chi connectivity index (χ2v) is 7.21. The van der Waals surface area contributed by atoms with Gasteiger partial charge in [-0.05, 0) is 63.2 Å². The van der Waals surface area contributed by atoms with Crippen LogP contribution in [0.2, 0.25) is 0 Å². The van der Waals surface area contributed by atoms with Gasteiger partial charge in [-0.15, -0.1) is 0 Å². The molecule has 0 bridgehead atoms. The van der Waals surface area contributed by atoms with Crippen LogP contribution in [0.5, 0.6) is 0 Å². The zero-order chi connectivity index (χ0) is 20.1. The molecule has 0 fully saturated rings. The topological polar surface area (TPSA) is 80.6 Å². The van der Waals surface area contributed by atoms with Crippen molar-refractivity contribution >= 4 is 40.4 Å². The van der Waals surface area contributed by atoms with E-state index in [1.165, 1.54) is 6.08 Å². The van der Waals surface area contributed by atoms with E-state index in [9.17, 15) is 9.59 Å². The quantitative estimate of drug-likeness (QED) is 0.593. The van der Waals surface area contributed by atoms with Crippen molar-refractivity contribution in [2.75, 3.05) is 10.6 Å². The zero-order valence-electron chi connectivity index (χ0n) is 16.0. The zero-order valence-corrected chi connectivity index (χ0v) is 16.0. The number of carbonyl (C=O) groups excluding carboxylic acids is 2. The number of furan rings is 1. The second-order valence-electron chi connectivity index (χ2n) is 7.21. The monoisotopic (exact) mass is 378 g/mol. The number of anilines is 2. The number of fused-ring (bicyclic) bond motifs is 1. The van der Waals surface area contributed by atoms with E-state index in [0.717, 1.165) is 11.0 Å². The Labute approximate surface area is 163 Å². The van der Waals surface area contributed by atoms with Crippen molar-refractivity contribution in [3.05, 3.63) is 66.4 Å². The van der Waals surface area contributed by atoms with Gasteiger partial charge in [0.25, 0.3) is 0 Å². The van der Waals surface area contributed by atoms with Crippen LogP contribution in [-0.4, -0.2) is 17.6 Å². The molecule has 1 heterocycles. The Bertz CT molecular complexity index is 978. The molecule has 0 saturated carbocycles. The van der Waals surface area contributed by atoms with Gasteiger partial charge >= 0.3 is 6.09 Å². The van der Waals surface area contributed by atoms with Crippen LogP contribution < -0.4 is 10.6 Å². The number of ether oxygens (including phenoxy) is 1. The van der Waals surface area contributed by atoms with Crippen LogP contribution in [0.3, 0.4) is 0 Å². The van der Waals surface area contributed by atoms with Gasteiger partial charge in [-0.25, -0.2) is 4.79 Å². The maximum atomic E-state index is 12.1. The van der Waals surface area contributed by atoms with Crippen LogP contribution in [0.15, 0.2) is 65.1 Å². The smallest absolute Gasteiger partial charge is 0.412 e. The normalized spacial score (nSPS) is 11.5. The molecule has 6 heteroatoms. The van der Waals surface area contributed by atoms with Gasteiger partial charge in [-0.2, -0.15) is 0 Å². The molecule has 3 aromatic rings. The van der Waals surface area contributed by atoms with Gasteiger partial charge < -0.3 is 14.5 Å². The summed E-state index contributed by atoms with van der Waals surface area (Å²) in [4.78, 5) is 23.8. The molecule has 6 nitrogen and oxygen atoms in total. The summed E-state index contributed by atoms with van der Waals surface area (Å²) < 4.78 is 10.8. The summed E-state index contributed by atoms with van der Waals surface area (Å²) >= 11 is 0. The number of hydrogen-bond acceptors (Lipinski definition) is 4. The third kappa shape index (κ3) is 5.48. The number of benzene rings is 2. The summed E-state index contributed by atoms with van der Waals surface area (Å²) in [7, 11) is 0. The van der Waals surface area contributed by atoms with Gasteiger partial charge in [0.05, 0.1) is 0 Å². The fourth-order valence-electron chi connectivity index (χ4n) is 2.48. The molecular weight excluding hydrogens is 356 g/mol. The summed E-state index contributed by atoms with van der Waals surface area (Å²) in [5.74, 6) is 0.321. The minimum Gasteiger partial charge on any atom is -0.457 e. The third-order valence-electron chi connectivity index (χ3n) is 3.64. The number of nitrogens with one attached hydrogen (secondary N) is 2. The van der Waals surface area contributed by atoms with Crippen molar-refractivity contribution in [3.8, 4) is 0 Å². The summed E-state index contributed by atoms with van der Waals surface area (Å²) in [6.45, 7) is 5.39. The Morgan fingerprint density at radius 2 is 1.61 bits per heavy atom. The van der Waals surface area contributed by atoms with Gasteiger partial charge in [0.1, 0.15) is 16.9 Å². The highest BCUT2D eigenvalue weighted by molar-refractivity contribution is 6.02. The molecule has 3 rings (SSSR count). The van der Waals surface area contributed by atoms with Gasteiger partial charge in [0, 0.05) is 22.8 Å². The van der Waals surface area contributed by atoms with Crippen LogP contribution in [0.25, 0.3) is 17.0 Å². The molecule has 2 aromatic carbocycles. The molecular formula is C22H22N2O4. The second kappa shape index (κ2) is 8.00. The molecule has 144 valence electrons. The third-order valence-corrected chi connectivity index (χ3v) is 3.64. The van der Waals surface area contributed by atoms with Crippen LogP contribution in [-0.2, 0) is 9.53 Å². The lowest BCUT2D eigenvalue weighted by Gasteiger charge is -2.19. The Hall–Kier alpha value is -3.54. The predicted molar refractivity (Wildman–Crippen MR) is 110 cm³/mol. The van der Waals surface area contributed by atoms with Crippen LogP contribution in [0.1, 0.15) is 26.5 Å². The first-order valence-corrected chi connectivity index (χ1v) is 8.86. The van der Waals surface area contributed by atoms with E-state index in [-0.39, 0.29) is 5.91 Å². The minimum absolute atomic E-state index is 0.284. The SMILES string of the molecule is CC(C)(C)OC(=O)Nc1ccc(NC(=O)/C=C/c2cc3ccccc3o2)cc1. The number of para-hydroxylation sites is 1. The average Bonchev–Trinajstić information content (AvgIpc) is 3.03. The first-order chi connectivity index (χ1) is 13.3. The van der Waals surface area contributed by atoms with E-state index in [4.69, 9.17) is 9.15 Å². The molecule has 0 unspecified atom stereocenters. The molecule has 28 heavy (non-hydrogen) atoms. The summed E-state index contributed by atoms with van der Waals surface area (Å²) in [6, 6.07) is 16.3. The van der Waals surface area contributed by atoms with Crippen molar-refractivity contribution in [2.45, 2.75) is 26.4 Å².